The molecule has 5 amide bonds. The van der Waals surface area contributed by atoms with Crippen LogP contribution in [0.4, 0.5) is 24.0 Å². The molecule has 492 valence electrons. The number of carbonyl (C=O) groups is 10. The third-order valence-electron chi connectivity index (χ3n) is 12.3. The third-order valence-corrected chi connectivity index (χ3v) is 13.7. The van der Waals surface area contributed by atoms with Gasteiger partial charge in [-0.3, -0.25) is 4.79 Å². The number of rotatable bonds is 30. The van der Waals surface area contributed by atoms with Crippen molar-refractivity contribution in [3.05, 3.63) is 170 Å². The van der Waals surface area contributed by atoms with Crippen LogP contribution in [0.1, 0.15) is 64.2 Å². The van der Waals surface area contributed by atoms with Crippen molar-refractivity contribution in [2.45, 2.75) is 47.5 Å². The van der Waals surface area contributed by atoms with E-state index in [2.05, 4.69) is 75.5 Å². The predicted octanol–water partition coefficient (Wildman–Crippen LogP) is 10.5. The molecule has 0 aromatic heterocycles. The van der Waals surface area contributed by atoms with Crippen LogP contribution in [0.25, 0.3) is 22.3 Å². The van der Waals surface area contributed by atoms with E-state index in [1.165, 1.54) is 64.1 Å². The Morgan fingerprint density at radius 2 is 0.699 bits per heavy atom. The summed E-state index contributed by atoms with van der Waals surface area (Å²) in [6.45, 7) is 21.8. The van der Waals surface area contributed by atoms with Gasteiger partial charge in [-0.2, -0.15) is 0 Å². The summed E-state index contributed by atoms with van der Waals surface area (Å²) in [6.07, 6.45) is -4.67. The summed E-state index contributed by atoms with van der Waals surface area (Å²) in [7, 11) is 0. The van der Waals surface area contributed by atoms with Crippen molar-refractivity contribution in [3.63, 3.8) is 0 Å². The van der Waals surface area contributed by atoms with Gasteiger partial charge in [-0.25, -0.2) is 43.2 Å². The number of carbonyl (C=O) groups excluding carboxylic acids is 10. The van der Waals surface area contributed by atoms with E-state index < -0.39 is 66.2 Å². The third kappa shape index (κ3) is 24.4. The molecular weight excluding hydrogens is 1440 g/mol. The van der Waals surface area contributed by atoms with Gasteiger partial charge in [0.05, 0.1) is 42.2 Å². The molecule has 0 aliphatic heterocycles. The topological polar surface area (TPSA) is 323 Å². The summed E-state index contributed by atoms with van der Waals surface area (Å²) >= 11 is 4.06. The summed E-state index contributed by atoms with van der Waals surface area (Å²) in [6, 6.07) is 25.6. The average Bonchev–Trinajstić information content (AvgIpc) is 0.758. The molecular formula is C66H69I2N5O20. The predicted molar refractivity (Wildman–Crippen MR) is 356 cm³/mol. The van der Waals surface area contributed by atoms with Gasteiger partial charge in [-0.15, -0.1) is 0 Å². The molecule has 0 saturated heterocycles. The maximum atomic E-state index is 14.0. The Balaban J connectivity index is 1.73. The minimum absolute atomic E-state index is 0.0210. The highest BCUT2D eigenvalue weighted by Gasteiger charge is 2.32. The summed E-state index contributed by atoms with van der Waals surface area (Å²) < 4.78 is 56.2. The number of amides is 5. The molecule has 0 saturated carbocycles. The van der Waals surface area contributed by atoms with Gasteiger partial charge in [0.25, 0.3) is 0 Å². The molecule has 0 aliphatic rings. The molecule has 25 nitrogen and oxygen atoms in total. The van der Waals surface area contributed by atoms with E-state index in [0.29, 0.717) is 29.4 Å². The van der Waals surface area contributed by atoms with Crippen LogP contribution >= 0.6 is 45.2 Å². The summed E-state index contributed by atoms with van der Waals surface area (Å²) in [5.41, 5.74) is 3.13. The van der Waals surface area contributed by atoms with Gasteiger partial charge in [-0.05, 0) is 156 Å². The Bertz CT molecular complexity index is 3640. The second kappa shape index (κ2) is 36.9. The fraction of sp³-hybridized carbons (Fsp3) is 0.273. The number of nitrogens with one attached hydrogen (secondary N) is 5. The van der Waals surface area contributed by atoms with E-state index in [1.54, 1.807) is 74.5 Å². The van der Waals surface area contributed by atoms with Crippen molar-refractivity contribution in [2.75, 3.05) is 65.8 Å². The lowest BCUT2D eigenvalue weighted by Gasteiger charge is -2.27. The van der Waals surface area contributed by atoms with Crippen LogP contribution in [-0.4, -0.2) is 126 Å². The fourth-order valence-corrected chi connectivity index (χ4v) is 9.77. The smallest absolute Gasteiger partial charge is 0.412 e. The van der Waals surface area contributed by atoms with Gasteiger partial charge in [0.2, 0.25) is 0 Å². The minimum atomic E-state index is -1.31. The van der Waals surface area contributed by atoms with Gasteiger partial charge in [0, 0.05) is 48.5 Å². The number of hydrogen-bond acceptors (Lipinski definition) is 20. The highest BCUT2D eigenvalue weighted by molar-refractivity contribution is 14.1. The van der Waals surface area contributed by atoms with Gasteiger partial charge in [-0.1, -0.05) is 76.6 Å². The van der Waals surface area contributed by atoms with Crippen molar-refractivity contribution < 1.29 is 95.3 Å². The Hall–Kier alpha value is -9.78. The largest absolute Gasteiger partial charge is 0.464 e. The molecule has 5 N–H and O–H groups in total. The first-order valence-corrected chi connectivity index (χ1v) is 30.6. The van der Waals surface area contributed by atoms with Gasteiger partial charge >= 0.3 is 60.3 Å². The molecule has 93 heavy (non-hydrogen) atoms. The van der Waals surface area contributed by atoms with E-state index in [0.717, 1.165) is 0 Å². The first-order valence-electron chi connectivity index (χ1n) is 28.4. The van der Waals surface area contributed by atoms with Crippen LogP contribution in [0.5, 0.6) is 28.7 Å². The Morgan fingerprint density at radius 1 is 0.387 bits per heavy atom. The number of hydrogen-bond donors (Lipinski definition) is 5. The lowest BCUT2D eigenvalue weighted by atomic mass is 9.81. The first-order chi connectivity index (χ1) is 44.2. The second-order valence-electron chi connectivity index (χ2n) is 20.4. The van der Waals surface area contributed by atoms with Crippen LogP contribution in [0.2, 0.25) is 0 Å². The number of esters is 5. The van der Waals surface area contributed by atoms with Gasteiger partial charge in [0.15, 0.2) is 0 Å². The van der Waals surface area contributed by atoms with E-state index in [4.69, 9.17) is 47.4 Å². The van der Waals surface area contributed by atoms with Crippen LogP contribution < -0.4 is 50.3 Å². The van der Waals surface area contributed by atoms with Crippen LogP contribution in [0, 0.1) is 13.1 Å². The standard InChI is InChI=1S/C66H69I2N5O20/c1-37(2)57(74)84-28-23-69-62(79)89-47-17-11-42(12-18-47)44-15-21-53(91-64(81)71-25-30-86-59(76)39(5)6)49(33-44)55(51-35-46(67)36-52(68)56(51)93-66(83)73-27-32-88-61(78)41(9)10)50-34-45(16-22-54(50)92-65(82)72-26-31-87-60(77)40(7)8)43-13-19-48(20-14-43)90-63(80)70-24-29-85-58(75)38(3)4/h11-22,33-36,38,55H,1,5,7,9,23-32H2,2-4,6,8,10H3,(H,69,79)(H,70,80)(H,71,81)(H,72,82)(H,73,83). The lowest BCUT2D eigenvalue weighted by molar-refractivity contribution is -0.147. The molecule has 0 bridgehead atoms. The highest BCUT2D eigenvalue weighted by Crippen LogP contribution is 2.48. The van der Waals surface area contributed by atoms with Crippen molar-refractivity contribution in [1.29, 1.82) is 0 Å². The summed E-state index contributed by atoms with van der Waals surface area (Å²) in [5.74, 6) is -4.77. The monoisotopic (exact) mass is 1510 g/mol. The van der Waals surface area contributed by atoms with Crippen LogP contribution in [-0.2, 0) is 47.7 Å². The molecule has 0 radical (unpaired) electrons. The fourth-order valence-electron chi connectivity index (χ4n) is 7.77. The molecule has 1 unspecified atom stereocenters. The molecule has 0 aliphatic carbocycles. The summed E-state index contributed by atoms with van der Waals surface area (Å²) in [5, 5.41) is 12.8. The SMILES string of the molecule is C=C(C)C(=O)OCCNC(=O)Oc1ccc(-c2ccc(OC(=O)NCCOC(=O)C(=C)C)c(C(c3cc(-c4ccc(OC(=O)NCCOC(=O)C(C)C)cc4)ccc3OC(=O)NCCOC(=O)C(=C)C)c3cc(I)cc(I)c3OC(=O)NCCOC(=O)C(=C)C)c2)cc1. The van der Waals surface area contributed by atoms with Gasteiger partial charge in [0.1, 0.15) is 61.8 Å². The molecule has 0 fully saturated rings. The Morgan fingerprint density at radius 3 is 1.03 bits per heavy atom. The first kappa shape index (κ1) is 74.0. The molecule has 1 atom stereocenters. The number of halogens is 2. The van der Waals surface area contributed by atoms with E-state index >= 15 is 0 Å². The van der Waals surface area contributed by atoms with Gasteiger partial charge < -0.3 is 74.0 Å². The minimum Gasteiger partial charge on any atom is -0.464 e. The van der Waals surface area contributed by atoms with Crippen LogP contribution in [0.3, 0.4) is 0 Å². The second-order valence-corrected chi connectivity index (χ2v) is 22.8. The molecule has 0 heterocycles. The molecule has 0 spiro atoms. The normalized spacial score (nSPS) is 10.8. The van der Waals surface area contributed by atoms with E-state index in [-0.39, 0.29) is 139 Å². The highest BCUT2D eigenvalue weighted by atomic mass is 127. The van der Waals surface area contributed by atoms with E-state index in [9.17, 15) is 47.9 Å². The maximum absolute atomic E-state index is 14.0. The van der Waals surface area contributed by atoms with Crippen LogP contribution in [0.15, 0.2) is 146 Å². The van der Waals surface area contributed by atoms with Crippen molar-refractivity contribution >= 4 is 105 Å². The van der Waals surface area contributed by atoms with Crippen molar-refractivity contribution in [1.82, 2.24) is 26.6 Å². The Labute approximate surface area is 563 Å². The average molecular weight is 1510 g/mol. The Kier molecular flexibility index (Phi) is 29.4. The number of ether oxygens (including phenoxy) is 10. The lowest BCUT2D eigenvalue weighted by Crippen LogP contribution is -2.32. The molecule has 5 rings (SSSR count). The zero-order chi connectivity index (χ0) is 68.3. The van der Waals surface area contributed by atoms with E-state index in [1.807, 2.05) is 22.6 Å². The maximum Gasteiger partial charge on any atom is 0.412 e. The zero-order valence-corrected chi connectivity index (χ0v) is 56.0. The quantitative estimate of drug-likeness (QED) is 0.00712. The summed E-state index contributed by atoms with van der Waals surface area (Å²) in [4.78, 5) is 128. The number of benzene rings is 5. The molecule has 5 aromatic rings. The molecule has 5 aromatic carbocycles. The van der Waals surface area contributed by atoms with Crippen molar-refractivity contribution in [2.24, 2.45) is 5.92 Å². The molecule has 27 heteroatoms. The zero-order valence-electron chi connectivity index (χ0n) is 51.7. The van der Waals surface area contributed by atoms with Crippen molar-refractivity contribution in [3.8, 4) is 51.0 Å².